The number of nitrogens with one attached hydrogen (secondary N) is 2. The molecular weight excluding hydrogens is 282 g/mol. The van der Waals surface area contributed by atoms with Gasteiger partial charge in [0.25, 0.3) is 0 Å². The molecule has 7 nitrogen and oxygen atoms in total. The quantitative estimate of drug-likeness (QED) is 0.709. The van der Waals surface area contributed by atoms with Gasteiger partial charge in [0.15, 0.2) is 0 Å². The Labute approximate surface area is 123 Å². The van der Waals surface area contributed by atoms with E-state index in [1.807, 2.05) is 0 Å². The van der Waals surface area contributed by atoms with Crippen molar-refractivity contribution < 1.29 is 9.53 Å². The summed E-state index contributed by atoms with van der Waals surface area (Å²) in [5, 5.41) is 5.88. The second-order valence-electron chi connectivity index (χ2n) is 4.52. The van der Waals surface area contributed by atoms with Crippen LogP contribution >= 0.6 is 11.6 Å². The molecule has 0 unspecified atom stereocenters. The molecule has 1 aromatic rings. The Bertz CT molecular complexity index is 442. The maximum Gasteiger partial charge on any atom is 0.325 e. The number of carbonyl (C=O) groups excluding carboxylic acids is 1. The summed E-state index contributed by atoms with van der Waals surface area (Å²) in [6, 6.07) is 0. The van der Waals surface area contributed by atoms with Crippen LogP contribution < -0.4 is 10.6 Å². The zero-order valence-corrected chi connectivity index (χ0v) is 12.7. The van der Waals surface area contributed by atoms with Crippen molar-refractivity contribution in [2.24, 2.45) is 5.92 Å². The van der Waals surface area contributed by atoms with Gasteiger partial charge in [0.05, 0.1) is 6.61 Å². The van der Waals surface area contributed by atoms with E-state index in [-0.39, 0.29) is 23.7 Å². The maximum absolute atomic E-state index is 11.2. The molecule has 0 aromatic carbocycles. The molecule has 1 heterocycles. The summed E-state index contributed by atoms with van der Waals surface area (Å²) >= 11 is 5.81. The van der Waals surface area contributed by atoms with Crippen molar-refractivity contribution >= 4 is 29.5 Å². The molecule has 2 N–H and O–H groups in total. The second kappa shape index (κ2) is 8.52. The Morgan fingerprint density at radius 2 is 1.90 bits per heavy atom. The van der Waals surface area contributed by atoms with Gasteiger partial charge < -0.3 is 15.4 Å². The van der Waals surface area contributed by atoms with Crippen LogP contribution in [0.15, 0.2) is 0 Å². The van der Waals surface area contributed by atoms with Crippen molar-refractivity contribution in [3.63, 3.8) is 0 Å². The highest BCUT2D eigenvalue weighted by molar-refractivity contribution is 6.28. The maximum atomic E-state index is 11.2. The number of aromatic nitrogens is 3. The van der Waals surface area contributed by atoms with Crippen molar-refractivity contribution in [1.29, 1.82) is 0 Å². The summed E-state index contributed by atoms with van der Waals surface area (Å²) < 4.78 is 4.79. The second-order valence-corrected chi connectivity index (χ2v) is 4.86. The Morgan fingerprint density at radius 3 is 2.50 bits per heavy atom. The van der Waals surface area contributed by atoms with Crippen molar-refractivity contribution in [1.82, 2.24) is 15.0 Å². The van der Waals surface area contributed by atoms with Crippen LogP contribution in [0.5, 0.6) is 0 Å². The van der Waals surface area contributed by atoms with Crippen LogP contribution in [-0.4, -0.2) is 40.6 Å². The number of carbonyl (C=O) groups is 1. The fourth-order valence-corrected chi connectivity index (χ4v) is 1.50. The highest BCUT2D eigenvalue weighted by atomic mass is 35.5. The Balaban J connectivity index is 2.54. The highest BCUT2D eigenvalue weighted by Crippen LogP contribution is 2.10. The van der Waals surface area contributed by atoms with Crippen LogP contribution in [-0.2, 0) is 9.53 Å². The topological polar surface area (TPSA) is 89.0 Å². The Morgan fingerprint density at radius 1 is 1.25 bits per heavy atom. The summed E-state index contributed by atoms with van der Waals surface area (Å²) in [6.45, 7) is 7.08. The molecule has 0 aliphatic carbocycles. The molecule has 0 saturated carbocycles. The van der Waals surface area contributed by atoms with Gasteiger partial charge in [-0.15, -0.1) is 0 Å². The molecule has 1 aromatic heterocycles. The molecule has 0 aliphatic rings. The third-order valence-electron chi connectivity index (χ3n) is 2.31. The molecule has 0 aliphatic heterocycles. The SMILES string of the molecule is CCOC(=O)CNc1nc(Cl)nc(NCCC(C)C)n1. The number of ether oxygens (including phenoxy) is 1. The largest absolute Gasteiger partial charge is 0.465 e. The van der Waals surface area contributed by atoms with E-state index in [4.69, 9.17) is 16.3 Å². The van der Waals surface area contributed by atoms with Gasteiger partial charge in [-0.3, -0.25) is 4.79 Å². The predicted octanol–water partition coefficient (Wildman–Crippen LogP) is 1.96. The number of nitrogens with zero attached hydrogens (tertiary/aromatic N) is 3. The molecule has 0 radical (unpaired) electrons. The molecule has 0 bridgehead atoms. The van der Waals surface area contributed by atoms with E-state index in [2.05, 4.69) is 39.4 Å². The first-order valence-corrected chi connectivity index (χ1v) is 6.94. The van der Waals surface area contributed by atoms with Crippen LogP contribution in [0.1, 0.15) is 27.2 Å². The molecule has 0 fully saturated rings. The number of hydrogen-bond acceptors (Lipinski definition) is 7. The lowest BCUT2D eigenvalue weighted by Gasteiger charge is -2.09. The van der Waals surface area contributed by atoms with Crippen LogP contribution in [0.25, 0.3) is 0 Å². The van der Waals surface area contributed by atoms with Gasteiger partial charge >= 0.3 is 5.97 Å². The van der Waals surface area contributed by atoms with Crippen molar-refractivity contribution in [3.8, 4) is 0 Å². The summed E-state index contributed by atoms with van der Waals surface area (Å²) in [5.41, 5.74) is 0. The molecule has 0 saturated heterocycles. The average molecular weight is 302 g/mol. The van der Waals surface area contributed by atoms with E-state index >= 15 is 0 Å². The first-order chi connectivity index (χ1) is 9.51. The minimum atomic E-state index is -0.377. The molecule has 112 valence electrons. The van der Waals surface area contributed by atoms with E-state index in [0.29, 0.717) is 18.5 Å². The molecule has 0 amide bonds. The van der Waals surface area contributed by atoms with Crippen molar-refractivity contribution in [3.05, 3.63) is 5.28 Å². The van der Waals surface area contributed by atoms with Crippen molar-refractivity contribution in [2.75, 3.05) is 30.3 Å². The lowest BCUT2D eigenvalue weighted by molar-refractivity contribution is -0.140. The van der Waals surface area contributed by atoms with Gasteiger partial charge in [0, 0.05) is 6.54 Å². The smallest absolute Gasteiger partial charge is 0.325 e. The van der Waals surface area contributed by atoms with Crippen LogP contribution in [0.2, 0.25) is 5.28 Å². The summed E-state index contributed by atoms with van der Waals surface area (Å²) in [4.78, 5) is 23.2. The zero-order valence-electron chi connectivity index (χ0n) is 11.9. The zero-order chi connectivity index (χ0) is 15.0. The number of hydrogen-bond donors (Lipinski definition) is 2. The third kappa shape index (κ3) is 6.51. The molecule has 0 spiro atoms. The number of anilines is 2. The third-order valence-corrected chi connectivity index (χ3v) is 2.48. The van der Waals surface area contributed by atoms with E-state index in [1.165, 1.54) is 0 Å². The highest BCUT2D eigenvalue weighted by Gasteiger charge is 2.07. The van der Waals surface area contributed by atoms with Crippen LogP contribution in [0.4, 0.5) is 11.9 Å². The first-order valence-electron chi connectivity index (χ1n) is 6.56. The predicted molar refractivity (Wildman–Crippen MR) is 77.9 cm³/mol. The fourth-order valence-electron chi connectivity index (χ4n) is 1.34. The van der Waals surface area contributed by atoms with E-state index in [0.717, 1.165) is 13.0 Å². The number of halogens is 1. The van der Waals surface area contributed by atoms with Crippen LogP contribution in [0.3, 0.4) is 0 Å². The monoisotopic (exact) mass is 301 g/mol. The molecule has 1 rings (SSSR count). The summed E-state index contributed by atoms with van der Waals surface area (Å²) in [7, 11) is 0. The molecule has 20 heavy (non-hydrogen) atoms. The summed E-state index contributed by atoms with van der Waals surface area (Å²) in [5.74, 6) is 0.835. The molecule has 0 atom stereocenters. The number of rotatable bonds is 8. The van der Waals surface area contributed by atoms with E-state index < -0.39 is 0 Å². The average Bonchev–Trinajstić information content (AvgIpc) is 2.36. The van der Waals surface area contributed by atoms with Gasteiger partial charge in [-0.25, -0.2) is 0 Å². The van der Waals surface area contributed by atoms with Gasteiger partial charge in [-0.2, -0.15) is 15.0 Å². The van der Waals surface area contributed by atoms with Crippen LogP contribution in [0, 0.1) is 5.92 Å². The minimum absolute atomic E-state index is 0.0143. The molecular formula is C12H20ClN5O2. The lowest BCUT2D eigenvalue weighted by atomic mass is 10.1. The Kier molecular flexibility index (Phi) is 7.00. The van der Waals surface area contributed by atoms with Gasteiger partial charge in [0.1, 0.15) is 6.54 Å². The fraction of sp³-hybridized carbons (Fsp3) is 0.667. The van der Waals surface area contributed by atoms with Gasteiger partial charge in [0.2, 0.25) is 17.2 Å². The molecule has 8 heteroatoms. The summed E-state index contributed by atoms with van der Waals surface area (Å²) in [6.07, 6.45) is 0.995. The Hall–Kier alpha value is -1.63. The van der Waals surface area contributed by atoms with Gasteiger partial charge in [-0.1, -0.05) is 13.8 Å². The number of esters is 1. The van der Waals surface area contributed by atoms with E-state index in [1.54, 1.807) is 6.92 Å². The van der Waals surface area contributed by atoms with Gasteiger partial charge in [-0.05, 0) is 30.9 Å². The standard InChI is InChI=1S/C12H20ClN5O2/c1-4-20-9(19)7-15-12-17-10(13)16-11(18-12)14-6-5-8(2)3/h8H,4-7H2,1-3H3,(H2,14,15,16,17,18). The minimum Gasteiger partial charge on any atom is -0.465 e. The first kappa shape index (κ1) is 16.4. The normalized spacial score (nSPS) is 10.4. The van der Waals surface area contributed by atoms with E-state index in [9.17, 15) is 4.79 Å². The lowest BCUT2D eigenvalue weighted by Crippen LogP contribution is -2.19. The van der Waals surface area contributed by atoms with Crippen molar-refractivity contribution in [2.45, 2.75) is 27.2 Å².